The number of rotatable bonds is 5. The SMILES string of the molecule is CCc1ccc(CNC(=O)NCc2ccc3c(c2)OCO3)s1. The summed E-state index contributed by atoms with van der Waals surface area (Å²) in [6, 6.07) is 9.64. The highest BCUT2D eigenvalue weighted by atomic mass is 32.1. The minimum atomic E-state index is -0.177. The Hall–Kier alpha value is -2.21. The smallest absolute Gasteiger partial charge is 0.315 e. The molecule has 116 valence electrons. The number of nitrogens with one attached hydrogen (secondary N) is 2. The van der Waals surface area contributed by atoms with E-state index in [2.05, 4.69) is 29.7 Å². The van der Waals surface area contributed by atoms with Crippen LogP contribution in [0.2, 0.25) is 0 Å². The molecule has 2 heterocycles. The molecule has 0 bridgehead atoms. The second kappa shape index (κ2) is 6.70. The lowest BCUT2D eigenvalue weighted by Crippen LogP contribution is -2.34. The first-order chi connectivity index (χ1) is 10.7. The molecule has 1 aromatic carbocycles. The highest BCUT2D eigenvalue weighted by Gasteiger charge is 2.13. The molecule has 2 N–H and O–H groups in total. The highest BCUT2D eigenvalue weighted by Crippen LogP contribution is 2.32. The maximum Gasteiger partial charge on any atom is 0.315 e. The number of carbonyl (C=O) groups excluding carboxylic acids is 1. The monoisotopic (exact) mass is 318 g/mol. The molecule has 6 heteroatoms. The Labute approximate surface area is 133 Å². The van der Waals surface area contributed by atoms with Crippen LogP contribution in [0.1, 0.15) is 22.2 Å². The van der Waals surface area contributed by atoms with Gasteiger partial charge in [0.15, 0.2) is 11.5 Å². The molecule has 0 radical (unpaired) electrons. The van der Waals surface area contributed by atoms with Crippen LogP contribution in [-0.4, -0.2) is 12.8 Å². The van der Waals surface area contributed by atoms with E-state index >= 15 is 0 Å². The van der Waals surface area contributed by atoms with Gasteiger partial charge in [-0.05, 0) is 36.2 Å². The van der Waals surface area contributed by atoms with E-state index in [9.17, 15) is 4.79 Å². The lowest BCUT2D eigenvalue weighted by Gasteiger charge is -2.07. The quantitative estimate of drug-likeness (QED) is 0.891. The largest absolute Gasteiger partial charge is 0.454 e. The molecule has 3 rings (SSSR count). The van der Waals surface area contributed by atoms with Gasteiger partial charge >= 0.3 is 6.03 Å². The molecule has 0 spiro atoms. The molecule has 2 aromatic rings. The van der Waals surface area contributed by atoms with Gasteiger partial charge in [-0.1, -0.05) is 13.0 Å². The summed E-state index contributed by atoms with van der Waals surface area (Å²) in [6.45, 7) is 3.39. The van der Waals surface area contributed by atoms with Crippen molar-refractivity contribution < 1.29 is 14.3 Å². The molecular formula is C16H18N2O3S. The van der Waals surface area contributed by atoms with Gasteiger partial charge in [0.1, 0.15) is 0 Å². The number of fused-ring (bicyclic) bond motifs is 1. The van der Waals surface area contributed by atoms with Crippen LogP contribution in [-0.2, 0) is 19.5 Å². The van der Waals surface area contributed by atoms with Gasteiger partial charge in [-0.25, -0.2) is 4.79 Å². The number of benzene rings is 1. The van der Waals surface area contributed by atoms with Crippen LogP contribution >= 0.6 is 11.3 Å². The predicted octanol–water partition coefficient (Wildman–Crippen LogP) is 3.04. The standard InChI is InChI=1S/C16H18N2O3S/c1-2-12-4-5-13(22-12)9-18-16(19)17-8-11-3-6-14-15(7-11)21-10-20-14/h3-7H,2,8-10H2,1H3,(H2,17,18,19). The van der Waals surface area contributed by atoms with Crippen molar-refractivity contribution in [2.75, 3.05) is 6.79 Å². The van der Waals surface area contributed by atoms with Crippen LogP contribution in [0.4, 0.5) is 4.79 Å². The summed E-state index contributed by atoms with van der Waals surface area (Å²) in [5, 5.41) is 5.70. The zero-order chi connectivity index (χ0) is 15.4. The second-order valence-electron chi connectivity index (χ2n) is 4.95. The summed E-state index contributed by atoms with van der Waals surface area (Å²) in [6.07, 6.45) is 1.03. The number of aryl methyl sites for hydroxylation is 1. The molecular weight excluding hydrogens is 300 g/mol. The molecule has 1 aromatic heterocycles. The third-order valence-electron chi connectivity index (χ3n) is 3.38. The molecule has 0 saturated heterocycles. The van der Waals surface area contributed by atoms with E-state index in [-0.39, 0.29) is 12.8 Å². The van der Waals surface area contributed by atoms with Crippen molar-refractivity contribution >= 4 is 17.4 Å². The average molecular weight is 318 g/mol. The van der Waals surface area contributed by atoms with E-state index in [1.165, 1.54) is 4.88 Å². The van der Waals surface area contributed by atoms with E-state index in [1.807, 2.05) is 18.2 Å². The third kappa shape index (κ3) is 3.51. The first-order valence-corrected chi connectivity index (χ1v) is 8.04. The number of hydrogen-bond acceptors (Lipinski definition) is 4. The Bertz CT molecular complexity index is 669. The molecule has 1 aliphatic rings. The molecule has 0 fully saturated rings. The van der Waals surface area contributed by atoms with Crippen molar-refractivity contribution in [1.82, 2.24) is 10.6 Å². The van der Waals surface area contributed by atoms with Gasteiger partial charge in [0.25, 0.3) is 0 Å². The summed E-state index contributed by atoms with van der Waals surface area (Å²) >= 11 is 1.73. The first-order valence-electron chi connectivity index (χ1n) is 7.22. The summed E-state index contributed by atoms with van der Waals surface area (Å²) in [4.78, 5) is 14.3. The van der Waals surface area contributed by atoms with Crippen LogP contribution < -0.4 is 20.1 Å². The van der Waals surface area contributed by atoms with Crippen molar-refractivity contribution in [3.8, 4) is 11.5 Å². The minimum Gasteiger partial charge on any atom is -0.454 e. The van der Waals surface area contributed by atoms with Gasteiger partial charge in [0, 0.05) is 16.3 Å². The van der Waals surface area contributed by atoms with E-state index in [0.29, 0.717) is 13.1 Å². The van der Waals surface area contributed by atoms with Crippen LogP contribution in [0.3, 0.4) is 0 Å². The Kier molecular flexibility index (Phi) is 4.48. The van der Waals surface area contributed by atoms with Gasteiger partial charge in [0.2, 0.25) is 6.79 Å². The average Bonchev–Trinajstić information content (AvgIpc) is 3.19. The van der Waals surface area contributed by atoms with Gasteiger partial charge in [-0.2, -0.15) is 0 Å². The Balaban J connectivity index is 1.46. The predicted molar refractivity (Wildman–Crippen MR) is 85.3 cm³/mol. The molecule has 5 nitrogen and oxygen atoms in total. The second-order valence-corrected chi connectivity index (χ2v) is 6.20. The molecule has 22 heavy (non-hydrogen) atoms. The maximum absolute atomic E-state index is 11.8. The van der Waals surface area contributed by atoms with Gasteiger partial charge in [-0.15, -0.1) is 11.3 Å². The number of thiophene rings is 1. The van der Waals surface area contributed by atoms with Gasteiger partial charge in [0.05, 0.1) is 6.54 Å². The highest BCUT2D eigenvalue weighted by molar-refractivity contribution is 7.11. The van der Waals surface area contributed by atoms with E-state index in [4.69, 9.17) is 9.47 Å². The summed E-state index contributed by atoms with van der Waals surface area (Å²) in [7, 11) is 0. The molecule has 1 aliphatic heterocycles. The zero-order valence-corrected chi connectivity index (χ0v) is 13.2. The van der Waals surface area contributed by atoms with Gasteiger partial charge < -0.3 is 20.1 Å². The van der Waals surface area contributed by atoms with Crippen molar-refractivity contribution in [3.05, 3.63) is 45.6 Å². The van der Waals surface area contributed by atoms with E-state index in [0.717, 1.165) is 28.4 Å². The summed E-state index contributed by atoms with van der Waals surface area (Å²) < 4.78 is 10.6. The Morgan fingerprint density at radius 3 is 2.68 bits per heavy atom. The van der Waals surface area contributed by atoms with E-state index < -0.39 is 0 Å². The zero-order valence-electron chi connectivity index (χ0n) is 12.3. The van der Waals surface area contributed by atoms with E-state index in [1.54, 1.807) is 11.3 Å². The lowest BCUT2D eigenvalue weighted by atomic mass is 10.2. The third-order valence-corrected chi connectivity index (χ3v) is 4.61. The minimum absolute atomic E-state index is 0.177. The number of urea groups is 1. The van der Waals surface area contributed by atoms with Crippen molar-refractivity contribution in [2.45, 2.75) is 26.4 Å². The van der Waals surface area contributed by atoms with Crippen LogP contribution in [0.5, 0.6) is 11.5 Å². The van der Waals surface area contributed by atoms with Crippen LogP contribution in [0.15, 0.2) is 30.3 Å². The fourth-order valence-corrected chi connectivity index (χ4v) is 3.07. The summed E-state index contributed by atoms with van der Waals surface area (Å²) in [5.41, 5.74) is 0.976. The topological polar surface area (TPSA) is 59.6 Å². The van der Waals surface area contributed by atoms with Crippen molar-refractivity contribution in [3.63, 3.8) is 0 Å². The normalized spacial score (nSPS) is 12.2. The van der Waals surface area contributed by atoms with Crippen molar-refractivity contribution in [1.29, 1.82) is 0 Å². The first kappa shape index (κ1) is 14.7. The Morgan fingerprint density at radius 2 is 1.86 bits per heavy atom. The van der Waals surface area contributed by atoms with Gasteiger partial charge in [-0.3, -0.25) is 0 Å². The molecule has 0 unspecified atom stereocenters. The molecule has 0 atom stereocenters. The van der Waals surface area contributed by atoms with Crippen LogP contribution in [0.25, 0.3) is 0 Å². The molecule has 0 saturated carbocycles. The fraction of sp³-hybridized carbons (Fsp3) is 0.312. The maximum atomic E-state index is 11.8. The number of ether oxygens (including phenoxy) is 2. The van der Waals surface area contributed by atoms with Crippen molar-refractivity contribution in [2.24, 2.45) is 0 Å². The number of amides is 2. The summed E-state index contributed by atoms with van der Waals surface area (Å²) in [5.74, 6) is 1.48. The number of carbonyl (C=O) groups is 1. The molecule has 0 aliphatic carbocycles. The van der Waals surface area contributed by atoms with Crippen LogP contribution in [0, 0.1) is 0 Å². The lowest BCUT2D eigenvalue weighted by molar-refractivity contribution is 0.174. The fourth-order valence-electron chi connectivity index (χ4n) is 2.17. The Morgan fingerprint density at radius 1 is 1.09 bits per heavy atom. The molecule has 2 amide bonds. The number of hydrogen-bond donors (Lipinski definition) is 2.